The maximum atomic E-state index is 6.58. The van der Waals surface area contributed by atoms with E-state index in [-0.39, 0.29) is 5.41 Å². The van der Waals surface area contributed by atoms with Gasteiger partial charge in [-0.3, -0.25) is 0 Å². The fourth-order valence-electron chi connectivity index (χ4n) is 10.4. The summed E-state index contributed by atoms with van der Waals surface area (Å²) >= 11 is 0. The highest BCUT2D eigenvalue weighted by atomic mass is 16.5. The second kappa shape index (κ2) is 10.9. The molecule has 2 nitrogen and oxygen atoms in total. The van der Waals surface area contributed by atoms with Crippen LogP contribution >= 0.6 is 0 Å². The van der Waals surface area contributed by atoms with E-state index >= 15 is 0 Å². The van der Waals surface area contributed by atoms with Gasteiger partial charge in [0.05, 0.1) is 16.6 Å². The summed E-state index contributed by atoms with van der Waals surface area (Å²) in [5.74, 6) is 1.82. The summed E-state index contributed by atoms with van der Waals surface area (Å²) in [5.41, 5.74) is 17.7. The topological polar surface area (TPSA) is 22.1 Å². The zero-order valence-electron chi connectivity index (χ0n) is 30.6. The maximum absolute atomic E-state index is 6.58. The molecule has 0 unspecified atom stereocenters. The zero-order valence-corrected chi connectivity index (χ0v) is 30.6. The average molecular weight is 702 g/mol. The predicted molar refractivity (Wildman–Crippen MR) is 225 cm³/mol. The molecule has 0 saturated heterocycles. The van der Waals surface area contributed by atoms with Gasteiger partial charge in [-0.25, -0.2) is 4.98 Å². The first-order valence-electron chi connectivity index (χ1n) is 19.2. The van der Waals surface area contributed by atoms with E-state index in [1.807, 2.05) is 0 Å². The van der Waals surface area contributed by atoms with Crippen molar-refractivity contribution < 1.29 is 4.74 Å². The van der Waals surface area contributed by atoms with Crippen molar-refractivity contribution in [3.05, 3.63) is 209 Å². The average Bonchev–Trinajstić information content (AvgIpc) is 3.65. The number of pyridine rings is 1. The molecule has 9 aromatic rings. The van der Waals surface area contributed by atoms with Gasteiger partial charge in [-0.2, -0.15) is 0 Å². The molecule has 258 valence electrons. The summed E-state index contributed by atoms with van der Waals surface area (Å²) in [4.78, 5) is 5.41. The van der Waals surface area contributed by atoms with Gasteiger partial charge in [0.1, 0.15) is 11.5 Å². The second-order valence-electron chi connectivity index (χ2n) is 15.8. The molecule has 0 saturated carbocycles. The fraction of sp³-hybridized carbons (Fsp3) is 0.0755. The van der Waals surface area contributed by atoms with Crippen LogP contribution in [-0.2, 0) is 10.8 Å². The zero-order chi connectivity index (χ0) is 36.5. The van der Waals surface area contributed by atoms with Crippen LogP contribution in [0.3, 0.4) is 0 Å². The smallest absolute Gasteiger partial charge is 0.132 e. The second-order valence-corrected chi connectivity index (χ2v) is 15.8. The minimum atomic E-state index is -0.495. The summed E-state index contributed by atoms with van der Waals surface area (Å²) in [6, 6.07) is 64.4. The van der Waals surface area contributed by atoms with E-state index in [4.69, 9.17) is 9.72 Å². The van der Waals surface area contributed by atoms with Crippen LogP contribution in [0.5, 0.6) is 11.5 Å². The molecule has 12 rings (SSSR count). The Bertz CT molecular complexity index is 3050. The van der Waals surface area contributed by atoms with Gasteiger partial charge < -0.3 is 4.74 Å². The van der Waals surface area contributed by atoms with Crippen LogP contribution < -0.4 is 4.74 Å². The number of fused-ring (bicyclic) bond motifs is 15. The van der Waals surface area contributed by atoms with Crippen molar-refractivity contribution >= 4 is 21.7 Å². The normalized spacial score (nSPS) is 14.8. The van der Waals surface area contributed by atoms with Gasteiger partial charge in [0.15, 0.2) is 0 Å². The van der Waals surface area contributed by atoms with Gasteiger partial charge in [0, 0.05) is 27.5 Å². The third-order valence-corrected chi connectivity index (χ3v) is 12.7. The Balaban J connectivity index is 1.07. The Hall–Kier alpha value is -6.77. The van der Waals surface area contributed by atoms with Gasteiger partial charge in [0.2, 0.25) is 0 Å². The Morgan fingerprint density at radius 2 is 1.04 bits per heavy atom. The van der Waals surface area contributed by atoms with E-state index in [0.717, 1.165) is 22.7 Å². The number of ether oxygens (including phenoxy) is 1. The van der Waals surface area contributed by atoms with Crippen LogP contribution in [0.1, 0.15) is 47.2 Å². The first kappa shape index (κ1) is 30.7. The van der Waals surface area contributed by atoms with E-state index in [0.29, 0.717) is 0 Å². The molecule has 0 atom stereocenters. The van der Waals surface area contributed by atoms with Gasteiger partial charge in [0.25, 0.3) is 0 Å². The largest absolute Gasteiger partial charge is 0.457 e. The van der Waals surface area contributed by atoms with Crippen molar-refractivity contribution in [1.29, 1.82) is 0 Å². The third-order valence-electron chi connectivity index (χ3n) is 12.7. The molecular weight excluding hydrogens is 667 g/mol. The molecule has 0 bridgehead atoms. The molecular formula is C53H35NO. The fourth-order valence-corrected chi connectivity index (χ4v) is 10.4. The lowest BCUT2D eigenvalue weighted by Crippen LogP contribution is -2.32. The van der Waals surface area contributed by atoms with Crippen LogP contribution in [0.4, 0.5) is 0 Å². The van der Waals surface area contributed by atoms with E-state index in [1.165, 1.54) is 88.5 Å². The van der Waals surface area contributed by atoms with Crippen molar-refractivity contribution in [2.45, 2.75) is 24.7 Å². The van der Waals surface area contributed by atoms with Crippen LogP contribution in [-0.4, -0.2) is 4.98 Å². The molecule has 0 amide bonds. The molecule has 0 N–H and O–H groups in total. The van der Waals surface area contributed by atoms with Crippen LogP contribution in [0.25, 0.3) is 66.3 Å². The van der Waals surface area contributed by atoms with Crippen molar-refractivity contribution in [1.82, 2.24) is 4.98 Å². The van der Waals surface area contributed by atoms with Crippen molar-refractivity contribution in [2.75, 3.05) is 0 Å². The lowest BCUT2D eigenvalue weighted by atomic mass is 9.66. The Kier molecular flexibility index (Phi) is 6.08. The van der Waals surface area contributed by atoms with Crippen LogP contribution in [0, 0.1) is 0 Å². The number of para-hydroxylation sites is 2. The number of nitrogens with zero attached hydrogens (tertiary/aromatic N) is 1. The number of hydrogen-bond acceptors (Lipinski definition) is 2. The lowest BCUT2D eigenvalue weighted by molar-refractivity contribution is 0.436. The predicted octanol–water partition coefficient (Wildman–Crippen LogP) is 13.5. The van der Waals surface area contributed by atoms with E-state index in [2.05, 4.69) is 190 Å². The van der Waals surface area contributed by atoms with Crippen LogP contribution in [0.15, 0.2) is 176 Å². The molecule has 1 aliphatic heterocycles. The molecule has 2 heteroatoms. The van der Waals surface area contributed by atoms with Crippen LogP contribution in [0.2, 0.25) is 0 Å². The number of benzene rings is 8. The monoisotopic (exact) mass is 701 g/mol. The molecule has 0 radical (unpaired) electrons. The molecule has 55 heavy (non-hydrogen) atoms. The minimum Gasteiger partial charge on any atom is -0.457 e. The quantitative estimate of drug-likeness (QED) is 0.167. The molecule has 2 heterocycles. The summed E-state index contributed by atoms with van der Waals surface area (Å²) in [6.45, 7) is 4.72. The van der Waals surface area contributed by atoms with Gasteiger partial charge in [-0.05, 0) is 90.7 Å². The van der Waals surface area contributed by atoms with Gasteiger partial charge >= 0.3 is 0 Å². The number of aromatic nitrogens is 1. The minimum absolute atomic E-state index is 0.211. The summed E-state index contributed by atoms with van der Waals surface area (Å²) in [6.07, 6.45) is 0. The Morgan fingerprint density at radius 3 is 1.80 bits per heavy atom. The number of hydrogen-bond donors (Lipinski definition) is 0. The molecule has 1 spiro atoms. The van der Waals surface area contributed by atoms with E-state index in [1.54, 1.807) is 0 Å². The number of rotatable bonds is 2. The van der Waals surface area contributed by atoms with Crippen molar-refractivity contribution in [2.24, 2.45) is 0 Å². The highest BCUT2D eigenvalue weighted by Crippen LogP contribution is 2.62. The molecule has 0 fully saturated rings. The standard InChI is InChI=1S/C53H35NO/c1-52(2)40-17-7-6-16-39(40)51-50(52)48(49-36-14-4-3-13-33(36)28-30-45(49)54-51)34-25-23-32(24-26-34)35-27-29-38-37-15-5-8-18-41(37)53(44(38)31-35)42-19-9-11-21-46(42)55-47-22-12-10-20-43(47)53/h3-31H,1-2H3. The first-order valence-corrected chi connectivity index (χ1v) is 19.2. The van der Waals surface area contributed by atoms with Gasteiger partial charge in [-0.1, -0.05) is 166 Å². The molecule has 2 aliphatic carbocycles. The van der Waals surface area contributed by atoms with Crippen molar-refractivity contribution in [3.63, 3.8) is 0 Å². The summed E-state index contributed by atoms with van der Waals surface area (Å²) in [7, 11) is 0. The lowest BCUT2D eigenvalue weighted by Gasteiger charge is -2.39. The highest BCUT2D eigenvalue weighted by Gasteiger charge is 2.51. The third kappa shape index (κ3) is 3.96. The Morgan fingerprint density at radius 1 is 0.455 bits per heavy atom. The molecule has 1 aromatic heterocycles. The van der Waals surface area contributed by atoms with E-state index in [9.17, 15) is 0 Å². The summed E-state index contributed by atoms with van der Waals surface area (Å²) < 4.78 is 6.58. The summed E-state index contributed by atoms with van der Waals surface area (Å²) in [5, 5.41) is 3.69. The maximum Gasteiger partial charge on any atom is 0.132 e. The van der Waals surface area contributed by atoms with Crippen molar-refractivity contribution in [3.8, 4) is 56.1 Å². The van der Waals surface area contributed by atoms with E-state index < -0.39 is 5.41 Å². The van der Waals surface area contributed by atoms with Gasteiger partial charge in [-0.15, -0.1) is 0 Å². The molecule has 3 aliphatic rings. The first-order chi connectivity index (χ1) is 27.0. The highest BCUT2D eigenvalue weighted by molar-refractivity contribution is 6.15. The SMILES string of the molecule is CC1(C)c2ccccc2-c2nc3ccc4ccccc4c3c(-c3ccc(-c4ccc5c(c4)C4(c6ccccc6Oc6ccccc64)c4ccccc4-5)cc3)c21. The Labute approximate surface area is 320 Å². The molecule has 8 aromatic carbocycles.